The van der Waals surface area contributed by atoms with Gasteiger partial charge in [-0.3, -0.25) is 0 Å². The molecule has 0 aliphatic carbocycles. The summed E-state index contributed by atoms with van der Waals surface area (Å²) in [4.78, 5) is 20.1. The average molecular weight is 341 g/mol. The van der Waals surface area contributed by atoms with Gasteiger partial charge in [0.25, 0.3) is 0 Å². The summed E-state index contributed by atoms with van der Waals surface area (Å²) in [5.41, 5.74) is 4.80. The molecule has 0 radical (unpaired) electrons. The normalized spacial score (nSPS) is 23.1. The van der Waals surface area contributed by atoms with Crippen molar-refractivity contribution in [3.63, 3.8) is 0 Å². The van der Waals surface area contributed by atoms with E-state index in [1.54, 1.807) is 0 Å². The molecule has 0 saturated carbocycles. The Hall–Kier alpha value is -2.31. The molecule has 2 amide bonds. The van der Waals surface area contributed by atoms with Gasteiger partial charge in [-0.15, -0.1) is 0 Å². The van der Waals surface area contributed by atoms with Crippen molar-refractivity contribution in [2.75, 3.05) is 13.2 Å². The van der Waals surface area contributed by atoms with Gasteiger partial charge >= 0.3 is 6.03 Å². The zero-order valence-corrected chi connectivity index (χ0v) is 14.1. The Morgan fingerprint density at radius 3 is 2.80 bits per heavy atom. The van der Waals surface area contributed by atoms with Gasteiger partial charge in [0.05, 0.1) is 6.04 Å². The Morgan fingerprint density at radius 2 is 2.00 bits per heavy atom. The van der Waals surface area contributed by atoms with E-state index in [0.29, 0.717) is 13.2 Å². The Bertz CT molecular complexity index is 710. The number of hydrogen-bond acceptors (Lipinski definition) is 3. The molecular formula is C19H23N3O3. The van der Waals surface area contributed by atoms with E-state index in [9.17, 15) is 4.79 Å². The first kappa shape index (κ1) is 16.2. The number of aromatic nitrogens is 1. The lowest BCUT2D eigenvalue weighted by Gasteiger charge is -2.37. The van der Waals surface area contributed by atoms with Crippen molar-refractivity contribution in [2.45, 2.75) is 38.1 Å². The second-order valence-corrected chi connectivity index (χ2v) is 6.45. The molecule has 1 fully saturated rings. The highest BCUT2D eigenvalue weighted by atomic mass is 16.8. The summed E-state index contributed by atoms with van der Waals surface area (Å²) in [7, 11) is 0. The largest absolute Gasteiger partial charge is 0.350 e. The molecule has 1 aromatic carbocycles. The number of carbonyl (C=O) groups is 1. The molecule has 0 spiro atoms. The third kappa shape index (κ3) is 3.41. The molecule has 6 heteroatoms. The molecule has 25 heavy (non-hydrogen) atoms. The van der Waals surface area contributed by atoms with Gasteiger partial charge in [0.15, 0.2) is 6.29 Å². The molecule has 132 valence electrons. The predicted molar refractivity (Wildman–Crippen MR) is 92.6 cm³/mol. The van der Waals surface area contributed by atoms with E-state index < -0.39 is 0 Å². The highest BCUT2D eigenvalue weighted by molar-refractivity contribution is 5.74. The topological polar surface area (TPSA) is 55.7 Å². The molecular weight excluding hydrogens is 318 g/mol. The van der Waals surface area contributed by atoms with Gasteiger partial charge in [0.2, 0.25) is 0 Å². The molecule has 0 bridgehead atoms. The summed E-state index contributed by atoms with van der Waals surface area (Å²) in [6.45, 7) is 2.09. The maximum atomic E-state index is 12.8. The molecule has 3 heterocycles. The second-order valence-electron chi connectivity index (χ2n) is 6.45. The highest BCUT2D eigenvalue weighted by Gasteiger charge is 2.32. The minimum absolute atomic E-state index is 0.124. The summed E-state index contributed by atoms with van der Waals surface area (Å²) in [5, 5.41) is 0. The lowest BCUT2D eigenvalue weighted by molar-refractivity contribution is -0.188. The van der Waals surface area contributed by atoms with E-state index in [1.165, 1.54) is 0 Å². The quantitative estimate of drug-likeness (QED) is 0.873. The average Bonchev–Trinajstić information content (AvgIpc) is 3.15. The van der Waals surface area contributed by atoms with Crippen molar-refractivity contribution < 1.29 is 14.4 Å². The third-order valence-electron chi connectivity index (χ3n) is 4.83. The number of urea groups is 1. The van der Waals surface area contributed by atoms with Crippen molar-refractivity contribution in [2.24, 2.45) is 0 Å². The van der Waals surface area contributed by atoms with Crippen LogP contribution in [0.5, 0.6) is 0 Å². The summed E-state index contributed by atoms with van der Waals surface area (Å²) < 4.78 is 7.71. The number of hydrogen-bond donors (Lipinski definition) is 1. The molecule has 1 saturated heterocycles. The number of nitrogens with zero attached hydrogens (tertiary/aromatic N) is 2. The molecule has 2 atom stereocenters. The summed E-state index contributed by atoms with van der Waals surface area (Å²) >= 11 is 0. The summed E-state index contributed by atoms with van der Waals surface area (Å²) in [5.74, 6) is 0. The Morgan fingerprint density at radius 1 is 1.12 bits per heavy atom. The molecule has 2 aliphatic heterocycles. The zero-order valence-electron chi connectivity index (χ0n) is 14.1. The molecule has 1 aromatic heterocycles. The van der Waals surface area contributed by atoms with Crippen LogP contribution in [0.25, 0.3) is 0 Å². The molecule has 2 aromatic rings. The second kappa shape index (κ2) is 7.29. The lowest BCUT2D eigenvalue weighted by Crippen LogP contribution is -2.48. The minimum Gasteiger partial charge on any atom is -0.350 e. The van der Waals surface area contributed by atoms with Gasteiger partial charge in [0.1, 0.15) is 0 Å². The van der Waals surface area contributed by atoms with Crippen molar-refractivity contribution in [3.05, 3.63) is 59.9 Å². The smallest absolute Gasteiger partial charge is 0.342 e. The van der Waals surface area contributed by atoms with Gasteiger partial charge in [0, 0.05) is 38.0 Å². The SMILES string of the molecule is O=C(NO[C@@H]1CCCCO1)N1CCn2cccc2[C@H]1c1ccccc1. The fourth-order valence-electron chi connectivity index (χ4n) is 3.57. The van der Waals surface area contributed by atoms with E-state index in [4.69, 9.17) is 9.57 Å². The van der Waals surface area contributed by atoms with Crippen LogP contribution in [0.2, 0.25) is 0 Å². The number of hydroxylamine groups is 1. The van der Waals surface area contributed by atoms with Crippen LogP contribution in [0.4, 0.5) is 4.79 Å². The van der Waals surface area contributed by atoms with Crippen LogP contribution in [-0.2, 0) is 16.1 Å². The first-order valence-electron chi connectivity index (χ1n) is 8.87. The summed E-state index contributed by atoms with van der Waals surface area (Å²) in [6.07, 6.45) is 4.64. The molecule has 1 N–H and O–H groups in total. The van der Waals surface area contributed by atoms with Crippen LogP contribution in [0.1, 0.15) is 36.6 Å². The number of rotatable bonds is 3. The van der Waals surface area contributed by atoms with Gasteiger partial charge in [-0.05, 0) is 30.5 Å². The van der Waals surface area contributed by atoms with Crippen molar-refractivity contribution in [1.29, 1.82) is 0 Å². The molecule has 2 aliphatic rings. The first-order valence-corrected chi connectivity index (χ1v) is 8.87. The zero-order chi connectivity index (χ0) is 17.1. The van der Waals surface area contributed by atoms with E-state index in [1.807, 2.05) is 29.2 Å². The van der Waals surface area contributed by atoms with Crippen LogP contribution in [0.3, 0.4) is 0 Å². The van der Waals surface area contributed by atoms with Crippen molar-refractivity contribution >= 4 is 6.03 Å². The Balaban J connectivity index is 1.52. The monoisotopic (exact) mass is 341 g/mol. The van der Waals surface area contributed by atoms with E-state index >= 15 is 0 Å². The van der Waals surface area contributed by atoms with Crippen LogP contribution < -0.4 is 5.48 Å². The van der Waals surface area contributed by atoms with E-state index in [-0.39, 0.29) is 18.4 Å². The number of amides is 2. The lowest BCUT2D eigenvalue weighted by atomic mass is 10.0. The van der Waals surface area contributed by atoms with E-state index in [0.717, 1.165) is 37.1 Å². The molecule has 6 nitrogen and oxygen atoms in total. The summed E-state index contributed by atoms with van der Waals surface area (Å²) in [6, 6.07) is 13.8. The molecule has 4 rings (SSSR count). The van der Waals surface area contributed by atoms with Crippen molar-refractivity contribution in [1.82, 2.24) is 14.9 Å². The van der Waals surface area contributed by atoms with Crippen LogP contribution in [0, 0.1) is 0 Å². The first-order chi connectivity index (χ1) is 12.3. The van der Waals surface area contributed by atoms with Gasteiger partial charge in [-0.2, -0.15) is 0 Å². The number of carbonyl (C=O) groups excluding carboxylic acids is 1. The number of nitrogens with one attached hydrogen (secondary N) is 1. The third-order valence-corrected chi connectivity index (χ3v) is 4.83. The van der Waals surface area contributed by atoms with Crippen LogP contribution in [-0.4, -0.2) is 34.9 Å². The van der Waals surface area contributed by atoms with E-state index in [2.05, 4.69) is 34.4 Å². The standard InChI is InChI=1S/C19H23N3O3/c23-19(20-25-17-10-4-5-14-24-17)22-13-12-21-11-6-9-16(21)18(22)15-7-2-1-3-8-15/h1-3,6-9,11,17-18H,4-5,10,12-14H2,(H,20,23)/t17-,18-/m1/s1. The van der Waals surface area contributed by atoms with Crippen LogP contribution in [0.15, 0.2) is 48.7 Å². The van der Waals surface area contributed by atoms with Gasteiger partial charge in [-0.25, -0.2) is 15.1 Å². The minimum atomic E-state index is -0.346. The van der Waals surface area contributed by atoms with Gasteiger partial charge in [-0.1, -0.05) is 30.3 Å². The highest BCUT2D eigenvalue weighted by Crippen LogP contribution is 2.32. The maximum Gasteiger partial charge on any atom is 0.342 e. The Kier molecular flexibility index (Phi) is 4.72. The fraction of sp³-hybridized carbons (Fsp3) is 0.421. The van der Waals surface area contributed by atoms with Crippen molar-refractivity contribution in [3.8, 4) is 0 Å². The molecule has 0 unspecified atom stereocenters. The number of ether oxygens (including phenoxy) is 1. The Labute approximate surface area is 147 Å². The predicted octanol–water partition coefficient (Wildman–Crippen LogP) is 3.06. The number of benzene rings is 1. The maximum absolute atomic E-state index is 12.8. The van der Waals surface area contributed by atoms with Gasteiger partial charge < -0.3 is 14.2 Å². The number of fused-ring (bicyclic) bond motifs is 1. The fourth-order valence-corrected chi connectivity index (χ4v) is 3.57. The van der Waals surface area contributed by atoms with Crippen LogP contribution >= 0.6 is 0 Å².